The van der Waals surface area contributed by atoms with Gasteiger partial charge in [-0.3, -0.25) is 4.79 Å². The van der Waals surface area contributed by atoms with Gasteiger partial charge in [-0.15, -0.1) is 0 Å². The molecule has 0 aromatic heterocycles. The van der Waals surface area contributed by atoms with Gasteiger partial charge >= 0.3 is 0 Å². The lowest BCUT2D eigenvalue weighted by molar-refractivity contribution is 0.104. The van der Waals surface area contributed by atoms with Gasteiger partial charge in [-0.25, -0.2) is 8.78 Å². The number of allylic oxidation sites excluding steroid dienone is 1. The van der Waals surface area contributed by atoms with Crippen molar-refractivity contribution in [1.29, 1.82) is 0 Å². The van der Waals surface area contributed by atoms with Crippen LogP contribution >= 0.6 is 15.9 Å². The maximum Gasteiger partial charge on any atom is 0.188 e. The number of hydrogen-bond donors (Lipinski definition) is 1. The third-order valence-electron chi connectivity index (χ3n) is 2.91. The average Bonchev–Trinajstić information content (AvgIpc) is 2.49. The maximum atomic E-state index is 13.5. The van der Waals surface area contributed by atoms with E-state index in [1.807, 2.05) is 0 Å². The molecule has 3 nitrogen and oxygen atoms in total. The third-order valence-corrected chi connectivity index (χ3v) is 3.59. The van der Waals surface area contributed by atoms with Crippen molar-refractivity contribution in [2.45, 2.75) is 0 Å². The lowest BCUT2D eigenvalue weighted by atomic mass is 10.1. The Morgan fingerprint density at radius 1 is 1.27 bits per heavy atom. The zero-order chi connectivity index (χ0) is 16.3. The topological polar surface area (TPSA) is 46.5 Å². The Balaban J connectivity index is 2.30. The minimum atomic E-state index is -0.798. The molecule has 0 spiro atoms. The van der Waals surface area contributed by atoms with E-state index in [0.29, 0.717) is 10.0 Å². The molecular formula is C16H11BrF2O3. The molecule has 0 fully saturated rings. The van der Waals surface area contributed by atoms with Crippen LogP contribution in [0.25, 0.3) is 6.08 Å². The number of benzene rings is 2. The van der Waals surface area contributed by atoms with Crippen LogP contribution in [-0.4, -0.2) is 18.0 Å². The van der Waals surface area contributed by atoms with Gasteiger partial charge in [0, 0.05) is 4.47 Å². The van der Waals surface area contributed by atoms with E-state index in [4.69, 9.17) is 4.74 Å². The van der Waals surface area contributed by atoms with Crippen molar-refractivity contribution in [3.63, 3.8) is 0 Å². The van der Waals surface area contributed by atoms with Crippen LogP contribution in [0.15, 0.2) is 40.9 Å². The van der Waals surface area contributed by atoms with Gasteiger partial charge < -0.3 is 9.84 Å². The van der Waals surface area contributed by atoms with E-state index in [1.54, 1.807) is 0 Å². The Morgan fingerprint density at radius 3 is 2.68 bits per heavy atom. The minimum Gasteiger partial charge on any atom is -0.504 e. The molecule has 0 heterocycles. The van der Waals surface area contributed by atoms with E-state index in [2.05, 4.69) is 15.9 Å². The van der Waals surface area contributed by atoms with E-state index < -0.39 is 17.4 Å². The summed E-state index contributed by atoms with van der Waals surface area (Å²) < 4.78 is 32.1. The van der Waals surface area contributed by atoms with Gasteiger partial charge in [-0.05, 0) is 48.0 Å². The Bertz CT molecular complexity index is 757. The maximum absolute atomic E-state index is 13.5. The Labute approximate surface area is 134 Å². The fourth-order valence-corrected chi connectivity index (χ4v) is 2.25. The van der Waals surface area contributed by atoms with Crippen molar-refractivity contribution in [2.75, 3.05) is 7.11 Å². The number of ketones is 1. The molecule has 2 aromatic rings. The van der Waals surface area contributed by atoms with Gasteiger partial charge in [-0.1, -0.05) is 15.9 Å². The molecule has 0 aliphatic heterocycles. The van der Waals surface area contributed by atoms with Crippen molar-refractivity contribution in [1.82, 2.24) is 0 Å². The molecule has 0 saturated carbocycles. The standard InChI is InChI=1S/C16H11BrF2O3/c1-22-16-8-12(17)9(6-15(16)21)2-5-14(20)11-7-10(18)3-4-13(11)19/h2-8,21H,1H3/b5-2+. The van der Waals surface area contributed by atoms with E-state index in [0.717, 1.165) is 24.3 Å². The fraction of sp³-hybridized carbons (Fsp3) is 0.0625. The van der Waals surface area contributed by atoms with E-state index >= 15 is 0 Å². The first-order chi connectivity index (χ1) is 10.4. The van der Waals surface area contributed by atoms with Gasteiger partial charge in [0.1, 0.15) is 11.6 Å². The number of phenolic OH excluding ortho intramolecular Hbond substituents is 1. The van der Waals surface area contributed by atoms with Crippen molar-refractivity contribution in [3.8, 4) is 11.5 Å². The first kappa shape index (κ1) is 16.2. The summed E-state index contributed by atoms with van der Waals surface area (Å²) in [5, 5.41) is 9.70. The molecule has 22 heavy (non-hydrogen) atoms. The average molecular weight is 369 g/mol. The van der Waals surface area contributed by atoms with Crippen molar-refractivity contribution >= 4 is 27.8 Å². The summed E-state index contributed by atoms with van der Waals surface area (Å²) in [6.45, 7) is 0. The molecule has 0 amide bonds. The van der Waals surface area contributed by atoms with Crippen LogP contribution in [0.3, 0.4) is 0 Å². The lowest BCUT2D eigenvalue weighted by Crippen LogP contribution is -1.99. The molecule has 0 unspecified atom stereocenters. The van der Waals surface area contributed by atoms with Crippen molar-refractivity contribution in [2.24, 2.45) is 0 Å². The summed E-state index contributed by atoms with van der Waals surface area (Å²) in [6, 6.07) is 5.58. The fourth-order valence-electron chi connectivity index (χ4n) is 1.79. The second kappa shape index (κ2) is 6.70. The summed E-state index contributed by atoms with van der Waals surface area (Å²) in [5.74, 6) is -2.01. The van der Waals surface area contributed by atoms with Crippen LogP contribution in [0.4, 0.5) is 8.78 Å². The van der Waals surface area contributed by atoms with Gasteiger partial charge in [0.2, 0.25) is 0 Å². The monoisotopic (exact) mass is 368 g/mol. The molecule has 1 N–H and O–H groups in total. The first-order valence-electron chi connectivity index (χ1n) is 6.16. The van der Waals surface area contributed by atoms with Crippen LogP contribution in [-0.2, 0) is 0 Å². The zero-order valence-corrected chi connectivity index (χ0v) is 13.0. The van der Waals surface area contributed by atoms with E-state index in [-0.39, 0.29) is 17.1 Å². The van der Waals surface area contributed by atoms with Gasteiger partial charge in [-0.2, -0.15) is 0 Å². The number of phenols is 1. The molecule has 0 aliphatic rings. The zero-order valence-electron chi connectivity index (χ0n) is 11.4. The highest BCUT2D eigenvalue weighted by molar-refractivity contribution is 9.10. The second-order valence-electron chi connectivity index (χ2n) is 4.37. The molecule has 0 radical (unpaired) electrons. The normalized spacial score (nSPS) is 10.9. The molecule has 0 aliphatic carbocycles. The number of ether oxygens (including phenoxy) is 1. The van der Waals surface area contributed by atoms with Crippen molar-refractivity contribution in [3.05, 3.63) is 63.6 Å². The second-order valence-corrected chi connectivity index (χ2v) is 5.22. The molecule has 2 aromatic carbocycles. The third kappa shape index (κ3) is 3.51. The predicted octanol–water partition coefficient (Wildman–Crippen LogP) is 4.34. The number of rotatable bonds is 4. The number of methoxy groups -OCH3 is 1. The van der Waals surface area contributed by atoms with Gasteiger partial charge in [0.05, 0.1) is 12.7 Å². The van der Waals surface area contributed by atoms with Crippen LogP contribution < -0.4 is 4.74 Å². The molecule has 114 valence electrons. The smallest absolute Gasteiger partial charge is 0.188 e. The SMILES string of the molecule is COc1cc(Br)c(/C=C/C(=O)c2cc(F)ccc2F)cc1O. The molecule has 6 heteroatoms. The van der Waals surface area contributed by atoms with Crippen LogP contribution in [0.5, 0.6) is 11.5 Å². The summed E-state index contributed by atoms with van der Waals surface area (Å²) in [4.78, 5) is 11.9. The summed E-state index contributed by atoms with van der Waals surface area (Å²) in [6.07, 6.45) is 2.49. The predicted molar refractivity (Wildman–Crippen MR) is 82.1 cm³/mol. The van der Waals surface area contributed by atoms with Crippen LogP contribution in [0, 0.1) is 11.6 Å². The molecule has 0 saturated heterocycles. The number of carbonyl (C=O) groups excluding carboxylic acids is 1. The van der Waals surface area contributed by atoms with Gasteiger partial charge in [0.25, 0.3) is 0 Å². The molecule has 0 atom stereocenters. The largest absolute Gasteiger partial charge is 0.504 e. The summed E-state index contributed by atoms with van der Waals surface area (Å²) in [7, 11) is 1.41. The van der Waals surface area contributed by atoms with Crippen LogP contribution in [0.2, 0.25) is 0 Å². The Hall–Kier alpha value is -2.21. The first-order valence-corrected chi connectivity index (χ1v) is 6.95. The molecular weight excluding hydrogens is 358 g/mol. The lowest BCUT2D eigenvalue weighted by Gasteiger charge is -2.06. The van der Waals surface area contributed by atoms with E-state index in [1.165, 1.54) is 25.3 Å². The number of hydrogen-bond acceptors (Lipinski definition) is 3. The number of halogens is 3. The molecule has 0 bridgehead atoms. The number of carbonyl (C=O) groups is 1. The Morgan fingerprint density at radius 2 is 2.00 bits per heavy atom. The minimum absolute atomic E-state index is 0.102. The Kier molecular flexibility index (Phi) is 4.92. The highest BCUT2D eigenvalue weighted by Crippen LogP contribution is 2.33. The van der Waals surface area contributed by atoms with Crippen molar-refractivity contribution < 1.29 is 23.4 Å². The quantitative estimate of drug-likeness (QED) is 0.644. The highest BCUT2D eigenvalue weighted by Gasteiger charge is 2.11. The molecule has 2 rings (SSSR count). The summed E-state index contributed by atoms with van der Waals surface area (Å²) >= 11 is 3.27. The van der Waals surface area contributed by atoms with Crippen LogP contribution in [0.1, 0.15) is 15.9 Å². The summed E-state index contributed by atoms with van der Waals surface area (Å²) in [5.41, 5.74) is 0.133. The highest BCUT2D eigenvalue weighted by atomic mass is 79.9. The number of aromatic hydroxyl groups is 1. The van der Waals surface area contributed by atoms with Gasteiger partial charge in [0.15, 0.2) is 17.3 Å². The van der Waals surface area contributed by atoms with E-state index in [9.17, 15) is 18.7 Å².